The monoisotopic (exact) mass is 279 g/mol. The van der Waals surface area contributed by atoms with Crippen molar-refractivity contribution in [1.29, 1.82) is 0 Å². The van der Waals surface area contributed by atoms with Crippen molar-refractivity contribution in [2.45, 2.75) is 18.4 Å². The quantitative estimate of drug-likeness (QED) is 0.855. The molecule has 0 unspecified atom stereocenters. The van der Waals surface area contributed by atoms with Crippen LogP contribution in [0.3, 0.4) is 0 Å². The number of hydrogen-bond acceptors (Lipinski definition) is 4. The number of pyridine rings is 2. The van der Waals surface area contributed by atoms with E-state index < -0.39 is 15.5 Å². The number of nitrogens with zero attached hydrogens (tertiary/aromatic N) is 1. The number of sulfonamides is 1. The van der Waals surface area contributed by atoms with E-state index in [9.17, 15) is 13.2 Å². The Hall–Kier alpha value is -1.99. The Balaban J connectivity index is 2.22. The molecule has 0 amide bonds. The van der Waals surface area contributed by atoms with Crippen LogP contribution in [0.4, 0.5) is 0 Å². The molecule has 0 aliphatic rings. The van der Waals surface area contributed by atoms with Gasteiger partial charge < -0.3 is 4.98 Å². The van der Waals surface area contributed by atoms with Crippen LogP contribution in [0.15, 0.2) is 46.6 Å². The van der Waals surface area contributed by atoms with Crippen LogP contribution >= 0.6 is 0 Å². The van der Waals surface area contributed by atoms with Gasteiger partial charge in [0.15, 0.2) is 0 Å². The first-order valence-corrected chi connectivity index (χ1v) is 7.05. The first-order valence-electron chi connectivity index (χ1n) is 5.57. The minimum Gasteiger partial charge on any atom is -0.366 e. The molecule has 0 aromatic carbocycles. The fraction of sp³-hybridized carbons (Fsp3) is 0.167. The molecule has 0 saturated heterocycles. The Bertz CT molecular complexity index is 738. The molecule has 0 fully saturated rings. The van der Waals surface area contributed by atoms with E-state index in [-0.39, 0.29) is 11.4 Å². The van der Waals surface area contributed by atoms with Crippen LogP contribution < -0.4 is 10.2 Å². The number of nitrogens with one attached hydrogen (secondary N) is 2. The van der Waals surface area contributed by atoms with Crippen LogP contribution in [-0.4, -0.2) is 18.4 Å². The summed E-state index contributed by atoms with van der Waals surface area (Å²) >= 11 is 0. The SMILES string of the molecule is Cc1cnccc1CNS(=O)(=O)c1c[nH]ccc1=O. The molecule has 2 aromatic heterocycles. The molecule has 19 heavy (non-hydrogen) atoms. The summed E-state index contributed by atoms with van der Waals surface area (Å²) in [5, 5.41) is 0. The average molecular weight is 279 g/mol. The van der Waals surface area contributed by atoms with Crippen molar-refractivity contribution in [3.05, 3.63) is 58.3 Å². The number of rotatable bonds is 4. The van der Waals surface area contributed by atoms with Crippen molar-refractivity contribution in [1.82, 2.24) is 14.7 Å². The molecule has 6 nitrogen and oxygen atoms in total. The molecule has 100 valence electrons. The lowest BCUT2D eigenvalue weighted by molar-refractivity contribution is 0.580. The normalized spacial score (nSPS) is 11.4. The van der Waals surface area contributed by atoms with Crippen molar-refractivity contribution in [2.24, 2.45) is 0 Å². The van der Waals surface area contributed by atoms with Crippen LogP contribution in [0.2, 0.25) is 0 Å². The predicted molar refractivity (Wildman–Crippen MR) is 70.1 cm³/mol. The molecule has 0 spiro atoms. The highest BCUT2D eigenvalue weighted by Crippen LogP contribution is 2.07. The van der Waals surface area contributed by atoms with E-state index in [1.165, 1.54) is 18.5 Å². The molecule has 0 radical (unpaired) electrons. The summed E-state index contributed by atoms with van der Waals surface area (Å²) in [7, 11) is -3.82. The molecule has 2 rings (SSSR count). The fourth-order valence-electron chi connectivity index (χ4n) is 1.56. The maximum absolute atomic E-state index is 12.0. The molecule has 0 saturated carbocycles. The zero-order valence-corrected chi connectivity index (χ0v) is 11.1. The molecule has 0 bridgehead atoms. The summed E-state index contributed by atoms with van der Waals surface area (Å²) in [5.41, 5.74) is 1.15. The highest BCUT2D eigenvalue weighted by molar-refractivity contribution is 7.89. The zero-order valence-electron chi connectivity index (χ0n) is 10.3. The molecule has 2 heterocycles. The summed E-state index contributed by atoms with van der Waals surface area (Å²) in [6, 6.07) is 2.90. The standard InChI is InChI=1S/C12H13N3O3S/c1-9-6-13-4-2-10(9)7-15-19(17,18)12-8-14-5-3-11(12)16/h2-6,8,15H,7H2,1H3,(H,14,16). The second-order valence-electron chi connectivity index (χ2n) is 4.00. The van der Waals surface area contributed by atoms with Gasteiger partial charge in [0.1, 0.15) is 4.90 Å². The smallest absolute Gasteiger partial charge is 0.246 e. The van der Waals surface area contributed by atoms with Gasteiger partial charge in [-0.05, 0) is 24.1 Å². The highest BCUT2D eigenvalue weighted by Gasteiger charge is 2.17. The van der Waals surface area contributed by atoms with Crippen molar-refractivity contribution < 1.29 is 8.42 Å². The van der Waals surface area contributed by atoms with Gasteiger partial charge in [0.05, 0.1) is 0 Å². The third-order valence-electron chi connectivity index (χ3n) is 2.67. The Morgan fingerprint density at radius 3 is 2.84 bits per heavy atom. The van der Waals surface area contributed by atoms with E-state index in [0.717, 1.165) is 11.1 Å². The summed E-state index contributed by atoms with van der Waals surface area (Å²) < 4.78 is 26.4. The van der Waals surface area contributed by atoms with Crippen LogP contribution in [0, 0.1) is 6.92 Å². The summed E-state index contributed by atoms with van der Waals surface area (Å²) in [6.07, 6.45) is 5.79. The Kier molecular flexibility index (Phi) is 3.77. The van der Waals surface area contributed by atoms with Gasteiger partial charge in [-0.25, -0.2) is 13.1 Å². The van der Waals surface area contributed by atoms with Crippen LogP contribution in [0.1, 0.15) is 11.1 Å². The molecular weight excluding hydrogens is 266 g/mol. The van der Waals surface area contributed by atoms with Crippen LogP contribution in [-0.2, 0) is 16.6 Å². The Labute approximate surface area is 110 Å². The molecule has 2 N–H and O–H groups in total. The minimum atomic E-state index is -3.82. The van der Waals surface area contributed by atoms with Gasteiger partial charge in [-0.15, -0.1) is 0 Å². The Morgan fingerprint density at radius 1 is 1.37 bits per heavy atom. The summed E-state index contributed by atoms with van der Waals surface area (Å²) in [4.78, 5) is 17.7. The van der Waals surface area contributed by atoms with Gasteiger partial charge in [-0.2, -0.15) is 0 Å². The second-order valence-corrected chi connectivity index (χ2v) is 5.73. The first kappa shape index (κ1) is 13.4. The number of hydrogen-bond donors (Lipinski definition) is 2. The molecule has 0 atom stereocenters. The lowest BCUT2D eigenvalue weighted by atomic mass is 10.2. The van der Waals surface area contributed by atoms with E-state index in [1.54, 1.807) is 18.5 Å². The maximum Gasteiger partial charge on any atom is 0.246 e. The fourth-order valence-corrected chi connectivity index (χ4v) is 2.62. The molecule has 0 aliphatic heterocycles. The van der Waals surface area contributed by atoms with Crippen LogP contribution in [0.5, 0.6) is 0 Å². The zero-order chi connectivity index (χ0) is 13.9. The maximum atomic E-state index is 12.0. The van der Waals surface area contributed by atoms with Crippen molar-refractivity contribution in [2.75, 3.05) is 0 Å². The van der Waals surface area contributed by atoms with Crippen molar-refractivity contribution in [3.8, 4) is 0 Å². The summed E-state index contributed by atoms with van der Waals surface area (Å²) in [6.45, 7) is 1.96. The molecule has 0 aliphatic carbocycles. The number of aromatic nitrogens is 2. The number of aromatic amines is 1. The largest absolute Gasteiger partial charge is 0.366 e. The predicted octanol–water partition coefficient (Wildman–Crippen LogP) is 0.557. The van der Waals surface area contributed by atoms with Crippen molar-refractivity contribution >= 4 is 10.0 Å². The van der Waals surface area contributed by atoms with E-state index in [1.807, 2.05) is 6.92 Å². The lowest BCUT2D eigenvalue weighted by Crippen LogP contribution is -2.28. The van der Waals surface area contributed by atoms with Gasteiger partial charge in [-0.3, -0.25) is 9.78 Å². The molecular formula is C12H13N3O3S. The average Bonchev–Trinajstić information content (AvgIpc) is 2.38. The van der Waals surface area contributed by atoms with Gasteiger partial charge in [0.25, 0.3) is 0 Å². The first-order chi connectivity index (χ1) is 9.00. The van der Waals surface area contributed by atoms with Crippen LogP contribution in [0.25, 0.3) is 0 Å². The highest BCUT2D eigenvalue weighted by atomic mass is 32.2. The number of aryl methyl sites for hydroxylation is 1. The van der Waals surface area contributed by atoms with Gasteiger partial charge in [0.2, 0.25) is 15.5 Å². The third kappa shape index (κ3) is 3.07. The van der Waals surface area contributed by atoms with Crippen molar-refractivity contribution in [3.63, 3.8) is 0 Å². The Morgan fingerprint density at radius 2 is 2.16 bits per heavy atom. The molecule has 7 heteroatoms. The summed E-state index contributed by atoms with van der Waals surface area (Å²) in [5.74, 6) is 0. The van der Waals surface area contributed by atoms with Gasteiger partial charge >= 0.3 is 0 Å². The van der Waals surface area contributed by atoms with E-state index in [4.69, 9.17) is 0 Å². The van der Waals surface area contributed by atoms with E-state index >= 15 is 0 Å². The third-order valence-corrected chi connectivity index (χ3v) is 4.09. The minimum absolute atomic E-state index is 0.116. The topological polar surface area (TPSA) is 91.9 Å². The van der Waals surface area contributed by atoms with Gasteiger partial charge in [-0.1, -0.05) is 0 Å². The van der Waals surface area contributed by atoms with E-state index in [2.05, 4.69) is 14.7 Å². The lowest BCUT2D eigenvalue weighted by Gasteiger charge is -2.07. The number of H-pyrrole nitrogens is 1. The van der Waals surface area contributed by atoms with E-state index in [0.29, 0.717) is 0 Å². The second kappa shape index (κ2) is 5.33. The van der Waals surface area contributed by atoms with Gasteiger partial charge in [0, 0.05) is 37.4 Å². The molecule has 2 aromatic rings.